The maximum absolute atomic E-state index is 6.00. The van der Waals surface area contributed by atoms with E-state index in [1.807, 2.05) is 59.4 Å². The SMILES string of the molecule is Cc1ccc(NC(=S)Nc2cnn(Cc3cccc(Cl)c3)c2)cc1. The van der Waals surface area contributed by atoms with Crippen LogP contribution >= 0.6 is 23.8 Å². The van der Waals surface area contributed by atoms with Crippen LogP contribution in [-0.2, 0) is 6.54 Å². The molecule has 0 atom stereocenters. The van der Waals surface area contributed by atoms with Crippen molar-refractivity contribution in [3.05, 3.63) is 77.1 Å². The number of benzene rings is 2. The molecule has 0 saturated carbocycles. The van der Waals surface area contributed by atoms with Crippen molar-refractivity contribution < 1.29 is 0 Å². The van der Waals surface area contributed by atoms with E-state index in [9.17, 15) is 0 Å². The molecule has 3 aromatic rings. The third-order valence-electron chi connectivity index (χ3n) is 3.43. The first-order valence-corrected chi connectivity index (χ1v) is 8.29. The van der Waals surface area contributed by atoms with Crippen LogP contribution in [0.3, 0.4) is 0 Å². The van der Waals surface area contributed by atoms with E-state index in [1.54, 1.807) is 6.20 Å². The molecule has 1 aromatic heterocycles. The second kappa shape index (κ2) is 7.47. The van der Waals surface area contributed by atoms with Gasteiger partial charge >= 0.3 is 0 Å². The van der Waals surface area contributed by atoms with Crippen LogP contribution in [0.1, 0.15) is 11.1 Å². The van der Waals surface area contributed by atoms with E-state index in [4.69, 9.17) is 23.8 Å². The van der Waals surface area contributed by atoms with Crippen LogP contribution in [-0.4, -0.2) is 14.9 Å². The lowest BCUT2D eigenvalue weighted by molar-refractivity contribution is 0.687. The first-order valence-electron chi connectivity index (χ1n) is 7.50. The average Bonchev–Trinajstić information content (AvgIpc) is 2.96. The molecule has 2 N–H and O–H groups in total. The third kappa shape index (κ3) is 4.57. The van der Waals surface area contributed by atoms with Crippen LogP contribution in [0.25, 0.3) is 0 Å². The minimum atomic E-state index is 0.529. The number of nitrogens with one attached hydrogen (secondary N) is 2. The van der Waals surface area contributed by atoms with Crippen LogP contribution in [0.4, 0.5) is 11.4 Å². The second-order valence-electron chi connectivity index (χ2n) is 5.50. The highest BCUT2D eigenvalue weighted by Crippen LogP contribution is 2.14. The van der Waals surface area contributed by atoms with Gasteiger partial charge in [0.15, 0.2) is 5.11 Å². The number of aromatic nitrogens is 2. The van der Waals surface area contributed by atoms with Gasteiger partial charge in [0.05, 0.1) is 18.4 Å². The van der Waals surface area contributed by atoms with Gasteiger partial charge in [-0.3, -0.25) is 4.68 Å². The molecule has 0 saturated heterocycles. The van der Waals surface area contributed by atoms with Crippen LogP contribution in [0.2, 0.25) is 5.02 Å². The molecule has 4 nitrogen and oxygen atoms in total. The van der Waals surface area contributed by atoms with E-state index < -0.39 is 0 Å². The van der Waals surface area contributed by atoms with Crippen molar-refractivity contribution in [2.75, 3.05) is 10.6 Å². The Kier molecular flexibility index (Phi) is 5.13. The maximum Gasteiger partial charge on any atom is 0.175 e. The van der Waals surface area contributed by atoms with Gasteiger partial charge in [0.2, 0.25) is 0 Å². The predicted octanol–water partition coefficient (Wildman–Crippen LogP) is 4.70. The topological polar surface area (TPSA) is 41.9 Å². The highest BCUT2D eigenvalue weighted by Gasteiger charge is 2.03. The Morgan fingerprint density at radius 1 is 1.12 bits per heavy atom. The van der Waals surface area contributed by atoms with Crippen molar-refractivity contribution >= 4 is 40.3 Å². The molecule has 0 unspecified atom stereocenters. The predicted molar refractivity (Wildman–Crippen MR) is 104 cm³/mol. The van der Waals surface area contributed by atoms with Crippen molar-refractivity contribution in [1.29, 1.82) is 0 Å². The van der Waals surface area contributed by atoms with Crippen molar-refractivity contribution in [3.8, 4) is 0 Å². The van der Waals surface area contributed by atoms with Gasteiger partial charge in [0.1, 0.15) is 0 Å². The number of aryl methyl sites for hydroxylation is 1. The van der Waals surface area contributed by atoms with E-state index in [-0.39, 0.29) is 0 Å². The molecule has 0 aliphatic carbocycles. The highest BCUT2D eigenvalue weighted by atomic mass is 35.5. The van der Waals surface area contributed by atoms with E-state index in [0.717, 1.165) is 22.0 Å². The van der Waals surface area contributed by atoms with Gasteiger partial charge < -0.3 is 10.6 Å². The Balaban J connectivity index is 1.59. The van der Waals surface area contributed by atoms with Gasteiger partial charge in [-0.2, -0.15) is 5.10 Å². The number of nitrogens with zero attached hydrogens (tertiary/aromatic N) is 2. The smallest absolute Gasteiger partial charge is 0.175 e. The molecule has 0 aliphatic rings. The Labute approximate surface area is 151 Å². The molecule has 0 aliphatic heterocycles. The maximum atomic E-state index is 6.00. The monoisotopic (exact) mass is 356 g/mol. The van der Waals surface area contributed by atoms with Gasteiger partial charge in [-0.1, -0.05) is 41.4 Å². The largest absolute Gasteiger partial charge is 0.332 e. The lowest BCUT2D eigenvalue weighted by Gasteiger charge is -2.09. The van der Waals surface area contributed by atoms with Gasteiger partial charge in [-0.15, -0.1) is 0 Å². The van der Waals surface area contributed by atoms with Crippen LogP contribution in [0.5, 0.6) is 0 Å². The van der Waals surface area contributed by atoms with E-state index in [1.165, 1.54) is 5.56 Å². The summed E-state index contributed by atoms with van der Waals surface area (Å²) in [6.45, 7) is 2.70. The minimum absolute atomic E-state index is 0.529. The van der Waals surface area contributed by atoms with Crippen molar-refractivity contribution in [3.63, 3.8) is 0 Å². The van der Waals surface area contributed by atoms with Crippen molar-refractivity contribution in [2.24, 2.45) is 0 Å². The number of hydrogen-bond donors (Lipinski definition) is 2. The van der Waals surface area contributed by atoms with Crippen LogP contribution < -0.4 is 10.6 Å². The summed E-state index contributed by atoms with van der Waals surface area (Å²) in [5, 5.41) is 11.9. The number of thiocarbonyl (C=S) groups is 1. The summed E-state index contributed by atoms with van der Waals surface area (Å²) in [6, 6.07) is 15.8. The molecule has 1 heterocycles. The zero-order valence-electron chi connectivity index (χ0n) is 13.2. The summed E-state index contributed by atoms with van der Waals surface area (Å²) in [4.78, 5) is 0. The van der Waals surface area contributed by atoms with Gasteiger partial charge in [0.25, 0.3) is 0 Å². The quantitative estimate of drug-likeness (QED) is 0.665. The van der Waals surface area contributed by atoms with E-state index in [2.05, 4.69) is 22.7 Å². The summed E-state index contributed by atoms with van der Waals surface area (Å²) >= 11 is 11.3. The molecule has 0 radical (unpaired) electrons. The molecule has 0 bridgehead atoms. The zero-order valence-corrected chi connectivity index (χ0v) is 14.7. The summed E-state index contributed by atoms with van der Waals surface area (Å²) in [5.41, 5.74) is 4.09. The van der Waals surface area contributed by atoms with Crippen molar-refractivity contribution in [2.45, 2.75) is 13.5 Å². The number of anilines is 2. The van der Waals surface area contributed by atoms with Crippen molar-refractivity contribution in [1.82, 2.24) is 9.78 Å². The average molecular weight is 357 g/mol. The Bertz CT molecular complexity index is 842. The lowest BCUT2D eigenvalue weighted by atomic mass is 10.2. The Morgan fingerprint density at radius 3 is 2.62 bits per heavy atom. The Morgan fingerprint density at radius 2 is 1.88 bits per heavy atom. The second-order valence-corrected chi connectivity index (χ2v) is 6.35. The van der Waals surface area contributed by atoms with Gasteiger partial charge in [0, 0.05) is 16.9 Å². The molecule has 6 heteroatoms. The van der Waals surface area contributed by atoms with Gasteiger partial charge in [-0.25, -0.2) is 0 Å². The number of halogens is 1. The Hall–Kier alpha value is -2.37. The van der Waals surface area contributed by atoms with E-state index >= 15 is 0 Å². The zero-order chi connectivity index (χ0) is 16.9. The third-order valence-corrected chi connectivity index (χ3v) is 3.87. The first-order chi connectivity index (χ1) is 11.6. The molecule has 0 amide bonds. The summed E-state index contributed by atoms with van der Waals surface area (Å²) < 4.78 is 1.84. The lowest BCUT2D eigenvalue weighted by Crippen LogP contribution is -2.18. The standard InChI is InChI=1S/C18H17ClN4S/c1-13-5-7-16(8-6-13)21-18(24)22-17-10-20-23(12-17)11-14-3-2-4-15(19)9-14/h2-10,12H,11H2,1H3,(H2,21,22,24). The van der Waals surface area contributed by atoms with E-state index in [0.29, 0.717) is 11.7 Å². The van der Waals surface area contributed by atoms with Crippen LogP contribution in [0, 0.1) is 6.92 Å². The highest BCUT2D eigenvalue weighted by molar-refractivity contribution is 7.80. The molecule has 24 heavy (non-hydrogen) atoms. The number of rotatable bonds is 4. The minimum Gasteiger partial charge on any atom is -0.332 e. The first kappa shape index (κ1) is 16.5. The molecule has 2 aromatic carbocycles. The molecular formula is C18H17ClN4S. The molecule has 0 spiro atoms. The van der Waals surface area contributed by atoms with Crippen LogP contribution in [0.15, 0.2) is 60.9 Å². The number of hydrogen-bond acceptors (Lipinski definition) is 2. The fraction of sp³-hybridized carbons (Fsp3) is 0.111. The summed E-state index contributed by atoms with van der Waals surface area (Å²) in [5.74, 6) is 0. The summed E-state index contributed by atoms with van der Waals surface area (Å²) in [7, 11) is 0. The molecular weight excluding hydrogens is 340 g/mol. The molecule has 3 rings (SSSR count). The normalized spacial score (nSPS) is 10.4. The molecule has 0 fully saturated rings. The fourth-order valence-corrected chi connectivity index (χ4v) is 2.72. The fourth-order valence-electron chi connectivity index (χ4n) is 2.27. The summed E-state index contributed by atoms with van der Waals surface area (Å²) in [6.07, 6.45) is 3.65. The van der Waals surface area contributed by atoms with Gasteiger partial charge in [-0.05, 0) is 49.0 Å². The molecule has 122 valence electrons.